The summed E-state index contributed by atoms with van der Waals surface area (Å²) in [5, 5.41) is 5.07. The number of hydrogen-bond acceptors (Lipinski definition) is 4. The molecule has 0 spiro atoms. The van der Waals surface area contributed by atoms with Crippen molar-refractivity contribution >= 4 is 22.6 Å². The first-order chi connectivity index (χ1) is 10.1. The van der Waals surface area contributed by atoms with E-state index in [0.717, 1.165) is 11.0 Å². The molecule has 3 aromatic rings. The first kappa shape index (κ1) is 13.2. The molecule has 2 heterocycles. The molecule has 0 bridgehead atoms. The van der Waals surface area contributed by atoms with Crippen LogP contribution in [0, 0.1) is 6.92 Å². The second-order valence-corrected chi connectivity index (χ2v) is 4.68. The zero-order valence-corrected chi connectivity index (χ0v) is 11.7. The van der Waals surface area contributed by atoms with Gasteiger partial charge in [-0.3, -0.25) is 4.79 Å². The average molecular weight is 282 g/mol. The van der Waals surface area contributed by atoms with Crippen molar-refractivity contribution < 1.29 is 13.6 Å². The SMILES string of the molecule is C/C(=N\NC(=O)c1ccoc1C)c1cc2ccccc2o1. The average Bonchev–Trinajstić information content (AvgIpc) is 3.10. The minimum Gasteiger partial charge on any atom is -0.469 e. The van der Waals surface area contributed by atoms with E-state index in [1.54, 1.807) is 19.9 Å². The second kappa shape index (κ2) is 5.28. The third kappa shape index (κ3) is 2.58. The number of hydrogen-bond donors (Lipinski definition) is 1. The maximum atomic E-state index is 11.9. The highest BCUT2D eigenvalue weighted by Gasteiger charge is 2.11. The molecular formula is C16H14N2O3. The van der Waals surface area contributed by atoms with E-state index in [-0.39, 0.29) is 5.91 Å². The summed E-state index contributed by atoms with van der Waals surface area (Å²) in [4.78, 5) is 11.9. The van der Waals surface area contributed by atoms with Crippen molar-refractivity contribution in [3.05, 3.63) is 59.7 Å². The smallest absolute Gasteiger partial charge is 0.274 e. The topological polar surface area (TPSA) is 67.7 Å². The highest BCUT2D eigenvalue weighted by Crippen LogP contribution is 2.19. The van der Waals surface area contributed by atoms with Crippen molar-refractivity contribution in [2.24, 2.45) is 5.10 Å². The van der Waals surface area contributed by atoms with E-state index < -0.39 is 0 Å². The number of amides is 1. The molecule has 1 amide bonds. The van der Waals surface area contributed by atoms with Crippen LogP contribution in [0.4, 0.5) is 0 Å². The van der Waals surface area contributed by atoms with Gasteiger partial charge in [-0.2, -0.15) is 5.10 Å². The van der Waals surface area contributed by atoms with Gasteiger partial charge in [0.25, 0.3) is 5.91 Å². The molecule has 0 aliphatic heterocycles. The first-order valence-corrected chi connectivity index (χ1v) is 6.53. The van der Waals surface area contributed by atoms with Crippen molar-refractivity contribution in [3.63, 3.8) is 0 Å². The predicted molar refractivity (Wildman–Crippen MR) is 79.3 cm³/mol. The molecule has 0 radical (unpaired) electrons. The fraction of sp³-hybridized carbons (Fsp3) is 0.125. The van der Waals surface area contributed by atoms with Crippen LogP contribution in [0.1, 0.15) is 28.8 Å². The quantitative estimate of drug-likeness (QED) is 0.590. The summed E-state index contributed by atoms with van der Waals surface area (Å²) < 4.78 is 10.8. The molecule has 5 nitrogen and oxygen atoms in total. The molecule has 21 heavy (non-hydrogen) atoms. The molecule has 1 aromatic carbocycles. The molecule has 0 fully saturated rings. The number of carbonyl (C=O) groups excluding carboxylic acids is 1. The molecule has 1 N–H and O–H groups in total. The summed E-state index contributed by atoms with van der Waals surface area (Å²) in [6.45, 7) is 3.50. The van der Waals surface area contributed by atoms with Gasteiger partial charge in [-0.15, -0.1) is 0 Å². The van der Waals surface area contributed by atoms with Crippen LogP contribution in [-0.4, -0.2) is 11.6 Å². The van der Waals surface area contributed by atoms with E-state index in [2.05, 4.69) is 10.5 Å². The summed E-state index contributed by atoms with van der Waals surface area (Å²) in [5.41, 5.74) is 4.35. The number of carbonyl (C=O) groups is 1. The molecule has 0 aliphatic carbocycles. The molecule has 3 rings (SSSR count). The van der Waals surface area contributed by atoms with E-state index in [9.17, 15) is 4.79 Å². The number of furan rings is 2. The number of para-hydroxylation sites is 1. The number of aryl methyl sites for hydroxylation is 1. The van der Waals surface area contributed by atoms with Gasteiger partial charge in [0.1, 0.15) is 17.1 Å². The van der Waals surface area contributed by atoms with Gasteiger partial charge in [0.2, 0.25) is 0 Å². The first-order valence-electron chi connectivity index (χ1n) is 6.53. The zero-order chi connectivity index (χ0) is 14.8. The third-order valence-corrected chi connectivity index (χ3v) is 3.21. The maximum absolute atomic E-state index is 11.9. The van der Waals surface area contributed by atoms with Crippen LogP contribution in [0.15, 0.2) is 56.6 Å². The molecule has 2 aromatic heterocycles. The lowest BCUT2D eigenvalue weighted by molar-refractivity contribution is 0.0953. The number of nitrogens with one attached hydrogen (secondary N) is 1. The highest BCUT2D eigenvalue weighted by atomic mass is 16.3. The Bertz CT molecular complexity index is 794. The van der Waals surface area contributed by atoms with Crippen LogP contribution < -0.4 is 5.43 Å². The summed E-state index contributed by atoms with van der Waals surface area (Å²) in [6, 6.07) is 11.2. The van der Waals surface area contributed by atoms with Crippen molar-refractivity contribution in [3.8, 4) is 0 Å². The van der Waals surface area contributed by atoms with E-state index >= 15 is 0 Å². The minimum absolute atomic E-state index is 0.309. The Hall–Kier alpha value is -2.82. The van der Waals surface area contributed by atoms with Crippen LogP contribution in [0.25, 0.3) is 11.0 Å². The van der Waals surface area contributed by atoms with Gasteiger partial charge in [0.05, 0.1) is 11.8 Å². The summed E-state index contributed by atoms with van der Waals surface area (Å²) in [6.07, 6.45) is 1.47. The maximum Gasteiger partial charge on any atom is 0.274 e. The molecule has 0 saturated carbocycles. The summed E-state index contributed by atoms with van der Waals surface area (Å²) >= 11 is 0. The number of benzene rings is 1. The lowest BCUT2D eigenvalue weighted by Gasteiger charge is -1.99. The Morgan fingerprint density at radius 1 is 1.24 bits per heavy atom. The third-order valence-electron chi connectivity index (χ3n) is 3.21. The zero-order valence-electron chi connectivity index (χ0n) is 11.7. The largest absolute Gasteiger partial charge is 0.469 e. The molecule has 5 heteroatoms. The van der Waals surface area contributed by atoms with Gasteiger partial charge < -0.3 is 8.83 Å². The van der Waals surface area contributed by atoms with Crippen molar-refractivity contribution in [1.29, 1.82) is 0 Å². The van der Waals surface area contributed by atoms with Crippen LogP contribution in [0.3, 0.4) is 0 Å². The summed E-state index contributed by atoms with van der Waals surface area (Å²) in [5.74, 6) is 0.876. The van der Waals surface area contributed by atoms with Gasteiger partial charge in [-0.05, 0) is 32.0 Å². The molecule has 0 aliphatic rings. The van der Waals surface area contributed by atoms with E-state index in [0.29, 0.717) is 22.8 Å². The molecule has 106 valence electrons. The van der Waals surface area contributed by atoms with Gasteiger partial charge in [-0.25, -0.2) is 5.43 Å². The molecule has 0 unspecified atom stereocenters. The Labute approximate surface area is 121 Å². The Morgan fingerprint density at radius 3 is 2.76 bits per heavy atom. The van der Waals surface area contributed by atoms with Crippen LogP contribution in [0.5, 0.6) is 0 Å². The van der Waals surface area contributed by atoms with Crippen molar-refractivity contribution in [2.45, 2.75) is 13.8 Å². The second-order valence-electron chi connectivity index (χ2n) is 4.68. The van der Waals surface area contributed by atoms with Crippen LogP contribution in [-0.2, 0) is 0 Å². The Balaban J connectivity index is 1.79. The van der Waals surface area contributed by atoms with Crippen molar-refractivity contribution in [2.75, 3.05) is 0 Å². The van der Waals surface area contributed by atoms with Crippen molar-refractivity contribution in [1.82, 2.24) is 5.43 Å². The lowest BCUT2D eigenvalue weighted by atomic mass is 10.2. The van der Waals surface area contributed by atoms with Crippen LogP contribution in [0.2, 0.25) is 0 Å². The predicted octanol–water partition coefficient (Wildman–Crippen LogP) is 3.49. The monoisotopic (exact) mass is 282 g/mol. The number of rotatable bonds is 3. The van der Waals surface area contributed by atoms with E-state index in [1.165, 1.54) is 6.26 Å². The van der Waals surface area contributed by atoms with Crippen LogP contribution >= 0.6 is 0 Å². The fourth-order valence-corrected chi connectivity index (χ4v) is 2.03. The standard InChI is InChI=1S/C16H14N2O3/c1-10(15-9-12-5-3-4-6-14(12)21-15)17-18-16(19)13-7-8-20-11(13)2/h3-9H,1-2H3,(H,18,19)/b17-10+. The van der Waals surface area contributed by atoms with Gasteiger partial charge in [-0.1, -0.05) is 18.2 Å². The van der Waals surface area contributed by atoms with E-state index in [1.807, 2.05) is 30.3 Å². The normalized spacial score (nSPS) is 11.8. The summed E-state index contributed by atoms with van der Waals surface area (Å²) in [7, 11) is 0. The number of nitrogens with zero attached hydrogens (tertiary/aromatic N) is 1. The fourth-order valence-electron chi connectivity index (χ4n) is 2.03. The highest BCUT2D eigenvalue weighted by molar-refractivity contribution is 6.01. The number of hydrazone groups is 1. The van der Waals surface area contributed by atoms with Gasteiger partial charge in [0.15, 0.2) is 5.76 Å². The Kier molecular flexibility index (Phi) is 3.31. The molecular weight excluding hydrogens is 268 g/mol. The Morgan fingerprint density at radius 2 is 2.05 bits per heavy atom. The molecule has 0 atom stereocenters. The van der Waals surface area contributed by atoms with Gasteiger partial charge in [0, 0.05) is 5.39 Å². The van der Waals surface area contributed by atoms with Gasteiger partial charge >= 0.3 is 0 Å². The minimum atomic E-state index is -0.309. The van der Waals surface area contributed by atoms with E-state index in [4.69, 9.17) is 8.83 Å². The molecule has 0 saturated heterocycles. The number of fused-ring (bicyclic) bond motifs is 1. The lowest BCUT2D eigenvalue weighted by Crippen LogP contribution is -2.19.